The Balaban J connectivity index is 1.78. The molecule has 0 atom stereocenters. The molecular formula is C16H14Cl2N4O. The van der Waals surface area contributed by atoms with Crippen molar-refractivity contribution in [2.24, 2.45) is 0 Å². The van der Waals surface area contributed by atoms with Crippen molar-refractivity contribution in [3.8, 4) is 0 Å². The molecular weight excluding hydrogens is 335 g/mol. The number of anilines is 3. The Morgan fingerprint density at radius 1 is 1.09 bits per heavy atom. The zero-order valence-electron chi connectivity index (χ0n) is 12.3. The third-order valence-electron chi connectivity index (χ3n) is 3.05. The number of hydrogen-bond acceptors (Lipinski definition) is 5. The second kappa shape index (κ2) is 6.89. The first-order valence-electron chi connectivity index (χ1n) is 6.94. The summed E-state index contributed by atoms with van der Waals surface area (Å²) in [5.74, 6) is 2.78. The van der Waals surface area contributed by atoms with Gasteiger partial charge < -0.3 is 15.1 Å². The van der Waals surface area contributed by atoms with Crippen LogP contribution < -0.4 is 10.6 Å². The van der Waals surface area contributed by atoms with E-state index in [-0.39, 0.29) is 0 Å². The Bertz CT molecular complexity index is 806. The van der Waals surface area contributed by atoms with Gasteiger partial charge in [0.15, 0.2) is 0 Å². The summed E-state index contributed by atoms with van der Waals surface area (Å²) in [7, 11) is 0. The smallest absolute Gasteiger partial charge is 0.136 e. The van der Waals surface area contributed by atoms with Crippen molar-refractivity contribution in [3.05, 3.63) is 64.3 Å². The van der Waals surface area contributed by atoms with E-state index in [1.165, 1.54) is 0 Å². The van der Waals surface area contributed by atoms with Crippen LogP contribution in [0.3, 0.4) is 0 Å². The van der Waals surface area contributed by atoms with Crippen LogP contribution in [0.5, 0.6) is 0 Å². The highest BCUT2D eigenvalue weighted by atomic mass is 35.5. The maximum Gasteiger partial charge on any atom is 0.136 e. The number of benzene rings is 1. The molecule has 0 saturated carbocycles. The Kier molecular flexibility index (Phi) is 4.69. The fraction of sp³-hybridized carbons (Fsp3) is 0.125. The van der Waals surface area contributed by atoms with Gasteiger partial charge in [0.1, 0.15) is 23.2 Å². The van der Waals surface area contributed by atoms with Crippen molar-refractivity contribution in [1.29, 1.82) is 0 Å². The van der Waals surface area contributed by atoms with Gasteiger partial charge in [0.2, 0.25) is 0 Å². The van der Waals surface area contributed by atoms with Crippen LogP contribution >= 0.6 is 23.2 Å². The summed E-state index contributed by atoms with van der Waals surface area (Å²) >= 11 is 12.2. The first-order chi connectivity index (χ1) is 11.1. The van der Waals surface area contributed by atoms with Crippen LogP contribution in [0.2, 0.25) is 10.0 Å². The first kappa shape index (κ1) is 15.6. The van der Waals surface area contributed by atoms with Gasteiger partial charge >= 0.3 is 0 Å². The number of halogens is 2. The third kappa shape index (κ3) is 4.15. The van der Waals surface area contributed by atoms with Gasteiger partial charge in [-0.3, -0.25) is 0 Å². The number of aryl methyl sites for hydroxylation is 1. The molecule has 0 aliphatic rings. The number of hydrogen-bond donors (Lipinski definition) is 2. The molecule has 0 amide bonds. The maximum absolute atomic E-state index is 6.16. The van der Waals surface area contributed by atoms with Gasteiger partial charge in [0.05, 0.1) is 23.5 Å². The minimum absolute atomic E-state index is 0.542. The SMILES string of the molecule is Cc1nc(NCc2ccco2)cc(Nc2cc(Cl)ccc2Cl)n1. The van der Waals surface area contributed by atoms with Crippen molar-refractivity contribution in [2.45, 2.75) is 13.5 Å². The lowest BCUT2D eigenvalue weighted by atomic mass is 10.3. The molecule has 0 unspecified atom stereocenters. The summed E-state index contributed by atoms with van der Waals surface area (Å²) in [6.07, 6.45) is 1.64. The molecule has 0 fully saturated rings. The topological polar surface area (TPSA) is 63.0 Å². The van der Waals surface area contributed by atoms with Crippen LogP contribution in [-0.4, -0.2) is 9.97 Å². The van der Waals surface area contributed by atoms with Crippen molar-refractivity contribution in [3.63, 3.8) is 0 Å². The Morgan fingerprint density at radius 3 is 2.70 bits per heavy atom. The van der Waals surface area contributed by atoms with Gasteiger partial charge in [0.25, 0.3) is 0 Å². The van der Waals surface area contributed by atoms with Crippen LogP contribution in [0.4, 0.5) is 17.3 Å². The molecule has 0 aliphatic carbocycles. The normalized spacial score (nSPS) is 10.6. The van der Waals surface area contributed by atoms with Gasteiger partial charge in [-0.2, -0.15) is 0 Å². The molecule has 23 heavy (non-hydrogen) atoms. The summed E-state index contributed by atoms with van der Waals surface area (Å²) in [4.78, 5) is 8.71. The Labute approximate surface area is 143 Å². The zero-order chi connectivity index (χ0) is 16.2. The van der Waals surface area contributed by atoms with Crippen LogP contribution in [0.1, 0.15) is 11.6 Å². The molecule has 0 spiro atoms. The zero-order valence-corrected chi connectivity index (χ0v) is 13.8. The standard InChI is InChI=1S/C16H14Cl2N4O/c1-10-20-15(19-9-12-3-2-6-23-12)8-16(21-10)22-14-7-11(17)4-5-13(14)18/h2-8H,9H2,1H3,(H2,19,20,21,22). The number of nitrogens with zero attached hydrogens (tertiary/aromatic N) is 2. The maximum atomic E-state index is 6.16. The molecule has 2 heterocycles. The lowest BCUT2D eigenvalue weighted by molar-refractivity contribution is 0.518. The van der Waals surface area contributed by atoms with E-state index in [0.717, 1.165) is 5.76 Å². The van der Waals surface area contributed by atoms with Crippen molar-refractivity contribution in [1.82, 2.24) is 9.97 Å². The van der Waals surface area contributed by atoms with Gasteiger partial charge in [-0.1, -0.05) is 23.2 Å². The Hall–Kier alpha value is -2.24. The molecule has 1 aromatic carbocycles. The first-order valence-corrected chi connectivity index (χ1v) is 7.70. The lowest BCUT2D eigenvalue weighted by Gasteiger charge is -2.11. The van der Waals surface area contributed by atoms with Crippen LogP contribution in [-0.2, 0) is 6.54 Å². The predicted octanol–water partition coefficient (Wildman–Crippen LogP) is 5.04. The van der Waals surface area contributed by atoms with Crippen LogP contribution in [0.25, 0.3) is 0 Å². The van der Waals surface area contributed by atoms with E-state index >= 15 is 0 Å². The molecule has 3 aromatic rings. The van der Waals surface area contributed by atoms with Gasteiger partial charge in [-0.15, -0.1) is 0 Å². The molecule has 0 saturated heterocycles. The van der Waals surface area contributed by atoms with E-state index in [4.69, 9.17) is 27.6 Å². The summed E-state index contributed by atoms with van der Waals surface area (Å²) in [5, 5.41) is 7.51. The summed E-state index contributed by atoms with van der Waals surface area (Å²) in [5.41, 5.74) is 0.689. The lowest BCUT2D eigenvalue weighted by Crippen LogP contribution is -2.04. The summed E-state index contributed by atoms with van der Waals surface area (Å²) in [6, 6.07) is 10.7. The highest BCUT2D eigenvalue weighted by Gasteiger charge is 2.06. The molecule has 3 rings (SSSR count). The molecule has 5 nitrogen and oxygen atoms in total. The number of nitrogens with one attached hydrogen (secondary N) is 2. The second-order valence-electron chi connectivity index (χ2n) is 4.87. The van der Waals surface area contributed by atoms with Crippen LogP contribution in [0.15, 0.2) is 47.1 Å². The highest BCUT2D eigenvalue weighted by Crippen LogP contribution is 2.28. The van der Waals surface area contributed by atoms with E-state index in [9.17, 15) is 0 Å². The fourth-order valence-corrected chi connectivity index (χ4v) is 2.38. The number of aromatic nitrogens is 2. The molecule has 0 radical (unpaired) electrons. The molecule has 7 heteroatoms. The largest absolute Gasteiger partial charge is 0.467 e. The number of furan rings is 1. The van der Waals surface area contributed by atoms with E-state index in [1.54, 1.807) is 30.5 Å². The second-order valence-corrected chi connectivity index (χ2v) is 5.71. The number of rotatable bonds is 5. The van der Waals surface area contributed by atoms with Gasteiger partial charge in [-0.05, 0) is 37.3 Å². The molecule has 0 bridgehead atoms. The van der Waals surface area contributed by atoms with E-state index in [1.807, 2.05) is 19.1 Å². The quantitative estimate of drug-likeness (QED) is 0.676. The van der Waals surface area contributed by atoms with E-state index in [0.29, 0.717) is 39.7 Å². The molecule has 118 valence electrons. The van der Waals surface area contributed by atoms with Gasteiger partial charge in [0, 0.05) is 11.1 Å². The van der Waals surface area contributed by atoms with Crippen LogP contribution in [0, 0.1) is 6.92 Å². The predicted molar refractivity (Wildman–Crippen MR) is 92.5 cm³/mol. The highest BCUT2D eigenvalue weighted by molar-refractivity contribution is 6.35. The molecule has 0 aliphatic heterocycles. The third-order valence-corrected chi connectivity index (χ3v) is 3.62. The summed E-state index contributed by atoms with van der Waals surface area (Å²) in [6.45, 7) is 2.36. The van der Waals surface area contributed by atoms with Crippen molar-refractivity contribution in [2.75, 3.05) is 10.6 Å². The minimum atomic E-state index is 0.542. The monoisotopic (exact) mass is 348 g/mol. The fourth-order valence-electron chi connectivity index (χ4n) is 2.04. The van der Waals surface area contributed by atoms with Crippen molar-refractivity contribution < 1.29 is 4.42 Å². The van der Waals surface area contributed by atoms with E-state index < -0.39 is 0 Å². The average Bonchev–Trinajstić information content (AvgIpc) is 3.02. The summed E-state index contributed by atoms with van der Waals surface area (Å²) < 4.78 is 5.29. The average molecular weight is 349 g/mol. The van der Waals surface area contributed by atoms with Crippen molar-refractivity contribution >= 4 is 40.5 Å². The molecule has 2 aromatic heterocycles. The molecule has 2 N–H and O–H groups in total. The minimum Gasteiger partial charge on any atom is -0.467 e. The Morgan fingerprint density at radius 2 is 1.91 bits per heavy atom. The van der Waals surface area contributed by atoms with Gasteiger partial charge in [-0.25, -0.2) is 9.97 Å². The van der Waals surface area contributed by atoms with E-state index in [2.05, 4.69) is 20.6 Å².